The third-order valence-corrected chi connectivity index (χ3v) is 4.97. The van der Waals surface area contributed by atoms with Crippen LogP contribution in [-0.4, -0.2) is 20.9 Å². The van der Waals surface area contributed by atoms with Gasteiger partial charge >= 0.3 is 0 Å². The van der Waals surface area contributed by atoms with E-state index in [0.717, 1.165) is 21.8 Å². The lowest BCUT2D eigenvalue weighted by Gasteiger charge is -2.10. The van der Waals surface area contributed by atoms with Crippen molar-refractivity contribution in [3.63, 3.8) is 0 Å². The van der Waals surface area contributed by atoms with E-state index in [-0.39, 0.29) is 5.91 Å². The van der Waals surface area contributed by atoms with Gasteiger partial charge in [0.25, 0.3) is 5.91 Å². The van der Waals surface area contributed by atoms with Gasteiger partial charge in [0.15, 0.2) is 5.13 Å². The lowest BCUT2D eigenvalue weighted by molar-refractivity contribution is 0.102. The Morgan fingerprint density at radius 1 is 0.966 bits per heavy atom. The Hall–Kier alpha value is -3.58. The van der Waals surface area contributed by atoms with Crippen molar-refractivity contribution in [3.8, 4) is 11.3 Å². The van der Waals surface area contributed by atoms with Crippen molar-refractivity contribution in [2.24, 2.45) is 0 Å². The molecule has 2 N–H and O–H groups in total. The Kier molecular flexibility index (Phi) is 5.31. The monoisotopic (exact) mass is 401 g/mol. The van der Waals surface area contributed by atoms with Gasteiger partial charge in [-0.05, 0) is 32.0 Å². The Labute approximate surface area is 172 Å². The summed E-state index contributed by atoms with van der Waals surface area (Å²) in [6.45, 7) is 3.81. The molecule has 2 heterocycles. The average Bonchev–Trinajstić information content (AvgIpc) is 3.13. The summed E-state index contributed by atoms with van der Waals surface area (Å²) in [6.07, 6.45) is 1.74. The predicted molar refractivity (Wildman–Crippen MR) is 117 cm³/mol. The molecular weight excluding hydrogens is 382 g/mol. The first-order chi connectivity index (χ1) is 14.1. The third-order valence-electron chi connectivity index (χ3n) is 4.15. The summed E-state index contributed by atoms with van der Waals surface area (Å²) < 4.78 is 0. The molecule has 144 valence electrons. The molecule has 7 heteroatoms. The molecule has 29 heavy (non-hydrogen) atoms. The van der Waals surface area contributed by atoms with Crippen LogP contribution >= 0.6 is 11.3 Å². The molecule has 0 aliphatic rings. The first kappa shape index (κ1) is 18.8. The second kappa shape index (κ2) is 8.20. The van der Waals surface area contributed by atoms with Crippen molar-refractivity contribution in [2.75, 3.05) is 10.6 Å². The number of rotatable bonds is 5. The standard InChI is InChI=1S/C22H19N5OS/c1-14-13-23-22(29-14)27-21(28)17-9-6-10-18(11-17)26-20-12-19(24-15(2)25-20)16-7-4-3-5-8-16/h3-13H,1-2H3,(H,23,27,28)(H,24,25,26). The fraction of sp³-hybridized carbons (Fsp3) is 0.0909. The molecule has 0 unspecified atom stereocenters. The molecule has 2 aromatic carbocycles. The van der Waals surface area contributed by atoms with Gasteiger partial charge in [0.2, 0.25) is 0 Å². The van der Waals surface area contributed by atoms with Crippen LogP contribution in [0.15, 0.2) is 66.9 Å². The van der Waals surface area contributed by atoms with Crippen molar-refractivity contribution >= 4 is 33.9 Å². The molecule has 0 saturated carbocycles. The second-order valence-electron chi connectivity index (χ2n) is 6.49. The van der Waals surface area contributed by atoms with Gasteiger partial charge in [-0.1, -0.05) is 36.4 Å². The highest BCUT2D eigenvalue weighted by Gasteiger charge is 2.10. The van der Waals surface area contributed by atoms with Gasteiger partial charge in [-0.2, -0.15) is 0 Å². The molecule has 0 atom stereocenters. The number of anilines is 3. The Morgan fingerprint density at radius 3 is 2.55 bits per heavy atom. The number of aryl methyl sites for hydroxylation is 2. The van der Waals surface area contributed by atoms with E-state index in [2.05, 4.69) is 25.6 Å². The number of nitrogens with zero attached hydrogens (tertiary/aromatic N) is 3. The molecule has 6 nitrogen and oxygen atoms in total. The SMILES string of the molecule is Cc1nc(Nc2cccc(C(=O)Nc3ncc(C)s3)c2)cc(-c2ccccc2)n1. The summed E-state index contributed by atoms with van der Waals surface area (Å²) in [4.78, 5) is 26.7. The number of nitrogens with one attached hydrogen (secondary N) is 2. The molecule has 0 fully saturated rings. The average molecular weight is 401 g/mol. The summed E-state index contributed by atoms with van der Waals surface area (Å²) >= 11 is 1.44. The van der Waals surface area contributed by atoms with Crippen LogP contribution in [0.4, 0.5) is 16.6 Å². The van der Waals surface area contributed by atoms with Gasteiger partial charge in [0.05, 0.1) is 5.69 Å². The molecule has 0 aliphatic heterocycles. The minimum atomic E-state index is -0.202. The maximum Gasteiger partial charge on any atom is 0.257 e. The third kappa shape index (κ3) is 4.64. The maximum atomic E-state index is 12.5. The Morgan fingerprint density at radius 2 is 1.79 bits per heavy atom. The molecule has 2 aromatic heterocycles. The number of carbonyl (C=O) groups is 1. The van der Waals surface area contributed by atoms with Crippen molar-refractivity contribution < 1.29 is 4.79 Å². The summed E-state index contributed by atoms with van der Waals surface area (Å²) in [7, 11) is 0. The highest BCUT2D eigenvalue weighted by molar-refractivity contribution is 7.15. The minimum Gasteiger partial charge on any atom is -0.340 e. The summed E-state index contributed by atoms with van der Waals surface area (Å²) in [5.74, 6) is 1.14. The van der Waals surface area contributed by atoms with Crippen LogP contribution in [0, 0.1) is 13.8 Å². The highest BCUT2D eigenvalue weighted by Crippen LogP contribution is 2.23. The number of hydrogen-bond acceptors (Lipinski definition) is 6. The van der Waals surface area contributed by atoms with Gasteiger partial charge in [-0.15, -0.1) is 11.3 Å². The number of benzene rings is 2. The molecule has 0 radical (unpaired) electrons. The lowest BCUT2D eigenvalue weighted by Crippen LogP contribution is -2.11. The van der Waals surface area contributed by atoms with E-state index in [1.54, 1.807) is 18.3 Å². The van der Waals surface area contributed by atoms with Crippen LogP contribution in [0.1, 0.15) is 21.1 Å². The smallest absolute Gasteiger partial charge is 0.257 e. The van der Waals surface area contributed by atoms with Crippen LogP contribution in [0.3, 0.4) is 0 Å². The molecule has 0 saturated heterocycles. The normalized spacial score (nSPS) is 10.6. The number of aromatic nitrogens is 3. The van der Waals surface area contributed by atoms with Crippen LogP contribution in [0.25, 0.3) is 11.3 Å². The van der Waals surface area contributed by atoms with Crippen LogP contribution in [0.2, 0.25) is 0 Å². The van der Waals surface area contributed by atoms with Crippen LogP contribution in [-0.2, 0) is 0 Å². The number of carbonyl (C=O) groups excluding carboxylic acids is 1. The lowest BCUT2D eigenvalue weighted by atomic mass is 10.1. The molecule has 0 aliphatic carbocycles. The second-order valence-corrected chi connectivity index (χ2v) is 7.72. The molecule has 0 bridgehead atoms. The zero-order valence-electron chi connectivity index (χ0n) is 16.0. The van der Waals surface area contributed by atoms with Gasteiger partial charge in [-0.3, -0.25) is 10.1 Å². The Bertz CT molecular complexity index is 1160. The number of hydrogen-bond donors (Lipinski definition) is 2. The first-order valence-corrected chi connectivity index (χ1v) is 9.90. The summed E-state index contributed by atoms with van der Waals surface area (Å²) in [5, 5.41) is 6.69. The predicted octanol–water partition coefficient (Wildman–Crippen LogP) is 5.21. The van der Waals surface area contributed by atoms with Crippen LogP contribution in [0.5, 0.6) is 0 Å². The highest BCUT2D eigenvalue weighted by atomic mass is 32.1. The van der Waals surface area contributed by atoms with E-state index >= 15 is 0 Å². The fourth-order valence-corrected chi connectivity index (χ4v) is 3.52. The van der Waals surface area contributed by atoms with Crippen molar-refractivity contribution in [1.82, 2.24) is 15.0 Å². The van der Waals surface area contributed by atoms with Gasteiger partial charge < -0.3 is 5.32 Å². The van der Waals surface area contributed by atoms with Gasteiger partial charge in [-0.25, -0.2) is 15.0 Å². The van der Waals surface area contributed by atoms with Gasteiger partial charge in [0.1, 0.15) is 11.6 Å². The van der Waals surface area contributed by atoms with Crippen LogP contribution < -0.4 is 10.6 Å². The fourth-order valence-electron chi connectivity index (χ4n) is 2.86. The first-order valence-electron chi connectivity index (χ1n) is 9.09. The maximum absolute atomic E-state index is 12.5. The van der Waals surface area contributed by atoms with Gasteiger partial charge in [0, 0.05) is 34.0 Å². The number of thiazole rings is 1. The molecule has 4 rings (SSSR count). The molecular formula is C22H19N5OS. The van der Waals surface area contributed by atoms with Crippen molar-refractivity contribution in [2.45, 2.75) is 13.8 Å². The largest absolute Gasteiger partial charge is 0.340 e. The molecule has 0 spiro atoms. The molecule has 1 amide bonds. The van der Waals surface area contributed by atoms with E-state index in [1.165, 1.54) is 11.3 Å². The molecule has 4 aromatic rings. The zero-order chi connectivity index (χ0) is 20.2. The summed E-state index contributed by atoms with van der Waals surface area (Å²) in [6, 6.07) is 19.1. The van der Waals surface area contributed by atoms with E-state index in [4.69, 9.17) is 0 Å². The van der Waals surface area contributed by atoms with E-state index in [0.29, 0.717) is 22.3 Å². The van der Waals surface area contributed by atoms with Crippen molar-refractivity contribution in [3.05, 3.63) is 83.1 Å². The van der Waals surface area contributed by atoms with E-state index in [9.17, 15) is 4.79 Å². The zero-order valence-corrected chi connectivity index (χ0v) is 16.8. The topological polar surface area (TPSA) is 79.8 Å². The quantitative estimate of drug-likeness (QED) is 0.480. The number of amides is 1. The minimum absolute atomic E-state index is 0.202. The Balaban J connectivity index is 1.55. The summed E-state index contributed by atoms with van der Waals surface area (Å²) in [5.41, 5.74) is 3.17. The van der Waals surface area contributed by atoms with E-state index < -0.39 is 0 Å². The van der Waals surface area contributed by atoms with E-state index in [1.807, 2.05) is 62.4 Å². The van der Waals surface area contributed by atoms with Crippen molar-refractivity contribution in [1.29, 1.82) is 0 Å².